The molecule has 0 spiro atoms. The molecule has 1 heterocycles. The molecule has 0 saturated carbocycles. The van der Waals surface area contributed by atoms with Gasteiger partial charge in [-0.25, -0.2) is 0 Å². The number of likely N-dealkylation sites (tertiary alicyclic amines) is 1. The maximum absolute atomic E-state index is 5.94. The summed E-state index contributed by atoms with van der Waals surface area (Å²) in [5.41, 5.74) is 1.35. The molecule has 0 amide bonds. The molecule has 1 fully saturated rings. The van der Waals surface area contributed by atoms with Crippen LogP contribution < -0.4 is 5.32 Å². The van der Waals surface area contributed by atoms with E-state index < -0.39 is 0 Å². The monoisotopic (exact) mass is 288 g/mol. The van der Waals surface area contributed by atoms with Gasteiger partial charge in [-0.05, 0) is 25.5 Å². The highest BCUT2D eigenvalue weighted by molar-refractivity contribution is 6.18. The number of benzene rings is 1. The summed E-state index contributed by atoms with van der Waals surface area (Å²) in [6, 6.07) is 11.8. The summed E-state index contributed by atoms with van der Waals surface area (Å²) < 4.78 is 0. The van der Waals surface area contributed by atoms with Crippen molar-refractivity contribution >= 4 is 24.0 Å². The number of nitrogens with zero attached hydrogens (tertiary/aromatic N) is 1. The lowest BCUT2D eigenvalue weighted by molar-refractivity contribution is 0.249. The quantitative estimate of drug-likeness (QED) is 0.839. The molecule has 1 aromatic rings. The van der Waals surface area contributed by atoms with Crippen LogP contribution in [0.1, 0.15) is 18.4 Å². The van der Waals surface area contributed by atoms with Crippen molar-refractivity contribution < 1.29 is 0 Å². The molecule has 0 bridgehead atoms. The molecule has 1 N–H and O–H groups in total. The molecule has 2 unspecified atom stereocenters. The lowest BCUT2D eigenvalue weighted by Crippen LogP contribution is -2.39. The first-order valence-electron chi connectivity index (χ1n) is 6.34. The third-order valence-corrected chi connectivity index (χ3v) is 4.07. The molecular weight excluding hydrogens is 267 g/mol. The van der Waals surface area contributed by atoms with Gasteiger partial charge in [-0.3, -0.25) is 4.90 Å². The van der Waals surface area contributed by atoms with Gasteiger partial charge in [-0.2, -0.15) is 0 Å². The Kier molecular flexibility index (Phi) is 7.02. The van der Waals surface area contributed by atoms with E-state index >= 15 is 0 Å². The van der Waals surface area contributed by atoms with E-state index in [9.17, 15) is 0 Å². The summed E-state index contributed by atoms with van der Waals surface area (Å²) in [7, 11) is 2.19. The zero-order valence-electron chi connectivity index (χ0n) is 10.8. The summed E-state index contributed by atoms with van der Waals surface area (Å²) >= 11 is 5.94. The topological polar surface area (TPSA) is 15.3 Å². The number of hydrogen-bond acceptors (Lipinski definition) is 2. The van der Waals surface area contributed by atoms with Crippen LogP contribution in [0.4, 0.5) is 0 Å². The molecular formula is C14H22Cl2N2. The van der Waals surface area contributed by atoms with Gasteiger partial charge >= 0.3 is 0 Å². The zero-order valence-corrected chi connectivity index (χ0v) is 12.4. The van der Waals surface area contributed by atoms with Crippen molar-refractivity contribution in [2.24, 2.45) is 0 Å². The first-order valence-corrected chi connectivity index (χ1v) is 6.87. The first kappa shape index (κ1) is 15.8. The SMILES string of the molecule is CN1C(CCl)CCC1CNCc1ccccc1.Cl. The molecule has 2 rings (SSSR count). The third-order valence-electron chi connectivity index (χ3n) is 3.72. The van der Waals surface area contributed by atoms with E-state index in [1.165, 1.54) is 18.4 Å². The van der Waals surface area contributed by atoms with Gasteiger partial charge in [-0.15, -0.1) is 24.0 Å². The zero-order chi connectivity index (χ0) is 12.1. The van der Waals surface area contributed by atoms with Crippen LogP contribution in [0.5, 0.6) is 0 Å². The number of halogens is 2. The van der Waals surface area contributed by atoms with Gasteiger partial charge in [0.05, 0.1) is 0 Å². The lowest BCUT2D eigenvalue weighted by atomic mass is 10.2. The Morgan fingerprint density at radius 2 is 1.89 bits per heavy atom. The summed E-state index contributed by atoms with van der Waals surface area (Å²) in [6.07, 6.45) is 2.49. The number of alkyl halides is 1. The molecule has 1 aliphatic rings. The molecule has 0 aliphatic carbocycles. The average Bonchev–Trinajstić information content (AvgIpc) is 2.72. The second kappa shape index (κ2) is 8.00. The largest absolute Gasteiger partial charge is 0.311 e. The highest BCUT2D eigenvalue weighted by Crippen LogP contribution is 2.22. The molecule has 2 atom stereocenters. The van der Waals surface area contributed by atoms with E-state index in [0.717, 1.165) is 19.0 Å². The molecule has 102 valence electrons. The van der Waals surface area contributed by atoms with Crippen LogP contribution >= 0.6 is 24.0 Å². The number of rotatable bonds is 5. The molecule has 1 aliphatic heterocycles. The smallest absolute Gasteiger partial charge is 0.0379 e. The Bertz CT molecular complexity index is 332. The van der Waals surface area contributed by atoms with Crippen LogP contribution in [-0.2, 0) is 6.54 Å². The Hall–Kier alpha value is -0.280. The van der Waals surface area contributed by atoms with Crippen LogP contribution in [-0.4, -0.2) is 36.5 Å². The van der Waals surface area contributed by atoms with Crippen LogP contribution in [0.15, 0.2) is 30.3 Å². The molecule has 4 heteroatoms. The third kappa shape index (κ3) is 4.13. The second-order valence-electron chi connectivity index (χ2n) is 4.82. The minimum absolute atomic E-state index is 0. The highest BCUT2D eigenvalue weighted by atomic mass is 35.5. The molecule has 1 aromatic carbocycles. The van der Waals surface area contributed by atoms with E-state index in [2.05, 4.69) is 47.6 Å². The van der Waals surface area contributed by atoms with E-state index in [1.54, 1.807) is 0 Å². The number of nitrogens with one attached hydrogen (secondary N) is 1. The van der Waals surface area contributed by atoms with E-state index in [1.807, 2.05) is 0 Å². The fourth-order valence-electron chi connectivity index (χ4n) is 2.50. The van der Waals surface area contributed by atoms with Crippen molar-refractivity contribution in [1.82, 2.24) is 10.2 Å². The summed E-state index contributed by atoms with van der Waals surface area (Å²) in [5.74, 6) is 0.756. The normalized spacial score (nSPS) is 23.9. The number of likely N-dealkylation sites (N-methyl/N-ethyl adjacent to an activating group) is 1. The van der Waals surface area contributed by atoms with Crippen molar-refractivity contribution in [3.05, 3.63) is 35.9 Å². The second-order valence-corrected chi connectivity index (χ2v) is 5.13. The Morgan fingerprint density at radius 1 is 1.22 bits per heavy atom. The molecule has 18 heavy (non-hydrogen) atoms. The Balaban J connectivity index is 0.00000162. The van der Waals surface area contributed by atoms with Gasteiger partial charge in [0.25, 0.3) is 0 Å². The minimum Gasteiger partial charge on any atom is -0.311 e. The van der Waals surface area contributed by atoms with Gasteiger partial charge in [-0.1, -0.05) is 30.3 Å². The fraction of sp³-hybridized carbons (Fsp3) is 0.571. The summed E-state index contributed by atoms with van der Waals surface area (Å²) in [6.45, 7) is 2.01. The standard InChI is InChI=1S/C14H21ClN2.ClH/c1-17-13(9-15)7-8-14(17)11-16-10-12-5-3-2-4-6-12;/h2-6,13-14,16H,7-11H2,1H3;1H. The van der Waals surface area contributed by atoms with Crippen molar-refractivity contribution in [1.29, 1.82) is 0 Å². The fourth-order valence-corrected chi connectivity index (χ4v) is 2.87. The minimum atomic E-state index is 0. The average molecular weight is 289 g/mol. The number of hydrogen-bond donors (Lipinski definition) is 1. The summed E-state index contributed by atoms with van der Waals surface area (Å²) in [5, 5.41) is 3.53. The van der Waals surface area contributed by atoms with Gasteiger partial charge < -0.3 is 5.32 Å². The first-order chi connectivity index (χ1) is 8.31. The van der Waals surface area contributed by atoms with E-state index in [-0.39, 0.29) is 12.4 Å². The van der Waals surface area contributed by atoms with Crippen molar-refractivity contribution in [3.63, 3.8) is 0 Å². The van der Waals surface area contributed by atoms with Gasteiger partial charge in [0.2, 0.25) is 0 Å². The Morgan fingerprint density at radius 3 is 2.50 bits per heavy atom. The van der Waals surface area contributed by atoms with Crippen LogP contribution in [0.3, 0.4) is 0 Å². The van der Waals surface area contributed by atoms with Gasteiger partial charge in [0.1, 0.15) is 0 Å². The lowest BCUT2D eigenvalue weighted by Gasteiger charge is -2.24. The molecule has 0 aromatic heterocycles. The van der Waals surface area contributed by atoms with Crippen molar-refractivity contribution in [2.75, 3.05) is 19.5 Å². The molecule has 0 radical (unpaired) electrons. The Labute approximate surface area is 121 Å². The predicted molar refractivity (Wildman–Crippen MR) is 80.7 cm³/mol. The van der Waals surface area contributed by atoms with Gasteiger partial charge in [0, 0.05) is 31.1 Å². The molecule has 1 saturated heterocycles. The molecule has 2 nitrogen and oxygen atoms in total. The predicted octanol–water partition coefficient (Wildman–Crippen LogP) is 2.90. The van der Waals surface area contributed by atoms with E-state index in [4.69, 9.17) is 11.6 Å². The summed E-state index contributed by atoms with van der Waals surface area (Å²) in [4.78, 5) is 2.42. The maximum atomic E-state index is 5.94. The van der Waals surface area contributed by atoms with Crippen LogP contribution in [0.2, 0.25) is 0 Å². The van der Waals surface area contributed by atoms with Crippen molar-refractivity contribution in [2.45, 2.75) is 31.5 Å². The highest BCUT2D eigenvalue weighted by Gasteiger charge is 2.28. The maximum Gasteiger partial charge on any atom is 0.0379 e. The van der Waals surface area contributed by atoms with E-state index in [0.29, 0.717) is 12.1 Å². The van der Waals surface area contributed by atoms with Gasteiger partial charge in [0.15, 0.2) is 0 Å². The van der Waals surface area contributed by atoms with Crippen molar-refractivity contribution in [3.8, 4) is 0 Å². The van der Waals surface area contributed by atoms with Crippen LogP contribution in [0, 0.1) is 0 Å². The van der Waals surface area contributed by atoms with Crippen LogP contribution in [0.25, 0.3) is 0 Å².